The molecule has 1 aromatic carbocycles. The molecule has 1 aromatic rings. The summed E-state index contributed by atoms with van der Waals surface area (Å²) in [5.74, 6) is -1.94. The predicted octanol–water partition coefficient (Wildman–Crippen LogP) is -0.229. The van der Waals surface area contributed by atoms with Gasteiger partial charge in [0.05, 0.1) is 24.0 Å². The number of piperazine rings is 1. The monoisotopic (exact) mass is 356 g/mol. The van der Waals surface area contributed by atoms with E-state index in [0.29, 0.717) is 25.2 Å². The lowest BCUT2D eigenvalue weighted by molar-refractivity contribution is -0.134. The zero-order chi connectivity index (χ0) is 17.7. The topological polar surface area (TPSA) is 105 Å². The molecule has 0 saturated carbocycles. The molecular formula is C15H18ClFN4O3. The van der Waals surface area contributed by atoms with Gasteiger partial charge >= 0.3 is 0 Å². The Bertz CT molecular complexity index is 656. The Morgan fingerprint density at radius 1 is 1.46 bits per heavy atom. The van der Waals surface area contributed by atoms with Crippen molar-refractivity contribution < 1.29 is 18.8 Å². The van der Waals surface area contributed by atoms with Gasteiger partial charge in [0.2, 0.25) is 17.7 Å². The third kappa shape index (κ3) is 4.90. The van der Waals surface area contributed by atoms with Crippen LogP contribution in [0.15, 0.2) is 18.2 Å². The van der Waals surface area contributed by atoms with E-state index in [-0.39, 0.29) is 23.9 Å². The number of nitrogens with two attached hydrogens (primary N) is 1. The molecule has 2 rings (SSSR count). The highest BCUT2D eigenvalue weighted by Gasteiger charge is 2.31. The zero-order valence-electron chi connectivity index (χ0n) is 12.9. The van der Waals surface area contributed by atoms with Gasteiger partial charge in [-0.25, -0.2) is 4.39 Å². The minimum atomic E-state index is -0.703. The molecule has 0 aliphatic carbocycles. The Kier molecular flexibility index (Phi) is 6.10. The van der Waals surface area contributed by atoms with Crippen molar-refractivity contribution in [1.29, 1.82) is 0 Å². The van der Waals surface area contributed by atoms with Crippen LogP contribution in [0, 0.1) is 5.82 Å². The molecule has 1 atom stereocenters. The van der Waals surface area contributed by atoms with Gasteiger partial charge in [-0.05, 0) is 17.7 Å². The van der Waals surface area contributed by atoms with Crippen LogP contribution in [0.25, 0.3) is 0 Å². The molecule has 1 heterocycles. The quantitative estimate of drug-likeness (QED) is 0.655. The maximum atomic E-state index is 13.6. The number of primary amides is 1. The fourth-order valence-electron chi connectivity index (χ4n) is 2.48. The van der Waals surface area contributed by atoms with E-state index in [4.69, 9.17) is 17.3 Å². The van der Waals surface area contributed by atoms with E-state index in [1.165, 1.54) is 12.1 Å². The molecule has 0 unspecified atom stereocenters. The summed E-state index contributed by atoms with van der Waals surface area (Å²) in [7, 11) is 0. The third-order valence-electron chi connectivity index (χ3n) is 3.65. The fourth-order valence-corrected chi connectivity index (χ4v) is 2.60. The van der Waals surface area contributed by atoms with Gasteiger partial charge in [-0.15, -0.1) is 0 Å². The van der Waals surface area contributed by atoms with Crippen molar-refractivity contribution in [3.05, 3.63) is 34.6 Å². The minimum Gasteiger partial charge on any atom is -0.368 e. The van der Waals surface area contributed by atoms with Gasteiger partial charge in [0.1, 0.15) is 5.82 Å². The summed E-state index contributed by atoms with van der Waals surface area (Å²) >= 11 is 5.66. The van der Waals surface area contributed by atoms with Crippen molar-refractivity contribution in [3.63, 3.8) is 0 Å². The molecule has 0 bridgehead atoms. The highest BCUT2D eigenvalue weighted by molar-refractivity contribution is 6.30. The number of hydrogen-bond acceptors (Lipinski definition) is 4. The van der Waals surface area contributed by atoms with Crippen LogP contribution in [0.2, 0.25) is 5.02 Å². The summed E-state index contributed by atoms with van der Waals surface area (Å²) < 4.78 is 13.6. The number of rotatable bonds is 6. The standard InChI is InChI=1S/C15H18ClFN4O3/c16-10-2-1-9(5-11(10)17)8-21-4-3-19-15(24)12(21)6-14(23)20-7-13(18)22/h1-2,5,12H,3-4,6-8H2,(H2,18,22)(H,19,24)(H,20,23)/t12-/m0/s1. The number of hydrogen-bond donors (Lipinski definition) is 3. The van der Waals surface area contributed by atoms with Crippen molar-refractivity contribution in [1.82, 2.24) is 15.5 Å². The molecule has 3 amide bonds. The summed E-state index contributed by atoms with van der Waals surface area (Å²) in [6.07, 6.45) is -0.116. The molecule has 1 aliphatic heterocycles. The fraction of sp³-hybridized carbons (Fsp3) is 0.400. The average molecular weight is 357 g/mol. The number of amides is 3. The summed E-state index contributed by atoms with van der Waals surface area (Å²) in [5, 5.41) is 5.07. The maximum Gasteiger partial charge on any atom is 0.237 e. The van der Waals surface area contributed by atoms with Crippen molar-refractivity contribution in [3.8, 4) is 0 Å². The Hall–Kier alpha value is -2.19. The molecule has 0 aromatic heterocycles. The lowest BCUT2D eigenvalue weighted by Crippen LogP contribution is -2.56. The molecule has 4 N–H and O–H groups in total. The Labute approximate surface area is 143 Å². The lowest BCUT2D eigenvalue weighted by Gasteiger charge is -2.34. The first kappa shape index (κ1) is 18.2. The van der Waals surface area contributed by atoms with Gasteiger partial charge in [-0.1, -0.05) is 17.7 Å². The molecule has 24 heavy (non-hydrogen) atoms. The van der Waals surface area contributed by atoms with Crippen LogP contribution in [0.5, 0.6) is 0 Å². The van der Waals surface area contributed by atoms with Gasteiger partial charge in [0.25, 0.3) is 0 Å². The predicted molar refractivity (Wildman–Crippen MR) is 85.4 cm³/mol. The van der Waals surface area contributed by atoms with Gasteiger partial charge in [0, 0.05) is 19.6 Å². The first-order valence-electron chi connectivity index (χ1n) is 7.37. The van der Waals surface area contributed by atoms with E-state index in [1.807, 2.05) is 0 Å². The third-order valence-corrected chi connectivity index (χ3v) is 3.96. The average Bonchev–Trinajstić information content (AvgIpc) is 2.52. The number of nitrogens with one attached hydrogen (secondary N) is 2. The number of carbonyl (C=O) groups is 3. The molecule has 0 spiro atoms. The van der Waals surface area contributed by atoms with Crippen LogP contribution < -0.4 is 16.4 Å². The van der Waals surface area contributed by atoms with Gasteiger partial charge in [0.15, 0.2) is 0 Å². The SMILES string of the molecule is NC(=O)CNC(=O)C[C@H]1C(=O)NCCN1Cc1ccc(Cl)c(F)c1. The van der Waals surface area contributed by atoms with Crippen LogP contribution in [0.3, 0.4) is 0 Å². The maximum absolute atomic E-state index is 13.6. The summed E-state index contributed by atoms with van der Waals surface area (Å²) in [6.45, 7) is 0.975. The first-order valence-corrected chi connectivity index (χ1v) is 7.75. The van der Waals surface area contributed by atoms with Crippen molar-refractivity contribution >= 4 is 29.3 Å². The number of nitrogens with zero attached hydrogens (tertiary/aromatic N) is 1. The second kappa shape index (κ2) is 8.07. The highest BCUT2D eigenvalue weighted by Crippen LogP contribution is 2.19. The first-order chi connectivity index (χ1) is 11.4. The molecule has 7 nitrogen and oxygen atoms in total. The normalized spacial score (nSPS) is 18.1. The Morgan fingerprint density at radius 2 is 2.21 bits per heavy atom. The van der Waals surface area contributed by atoms with E-state index in [9.17, 15) is 18.8 Å². The summed E-state index contributed by atoms with van der Waals surface area (Å²) in [5.41, 5.74) is 5.61. The van der Waals surface area contributed by atoms with E-state index in [2.05, 4.69) is 10.6 Å². The Morgan fingerprint density at radius 3 is 2.88 bits per heavy atom. The van der Waals surface area contributed by atoms with E-state index >= 15 is 0 Å². The number of halogens is 2. The summed E-state index contributed by atoms with van der Waals surface area (Å²) in [4.78, 5) is 36.4. The van der Waals surface area contributed by atoms with Crippen molar-refractivity contribution in [2.75, 3.05) is 19.6 Å². The van der Waals surface area contributed by atoms with Crippen LogP contribution in [0.4, 0.5) is 4.39 Å². The lowest BCUT2D eigenvalue weighted by atomic mass is 10.1. The smallest absolute Gasteiger partial charge is 0.237 e. The molecular weight excluding hydrogens is 339 g/mol. The second-order valence-corrected chi connectivity index (χ2v) is 5.88. The molecule has 9 heteroatoms. The molecule has 130 valence electrons. The van der Waals surface area contributed by atoms with Crippen LogP contribution in [0.1, 0.15) is 12.0 Å². The molecule has 1 saturated heterocycles. The van der Waals surface area contributed by atoms with Gasteiger partial charge < -0.3 is 16.4 Å². The molecule has 0 radical (unpaired) electrons. The number of benzene rings is 1. The number of carbonyl (C=O) groups excluding carboxylic acids is 3. The van der Waals surface area contributed by atoms with Crippen molar-refractivity contribution in [2.24, 2.45) is 5.73 Å². The minimum absolute atomic E-state index is 0.0255. The highest BCUT2D eigenvalue weighted by atomic mass is 35.5. The Balaban J connectivity index is 2.04. The zero-order valence-corrected chi connectivity index (χ0v) is 13.6. The summed E-state index contributed by atoms with van der Waals surface area (Å²) in [6, 6.07) is 3.72. The molecule has 1 fully saturated rings. The largest absolute Gasteiger partial charge is 0.368 e. The van der Waals surface area contributed by atoms with Crippen LogP contribution in [-0.4, -0.2) is 48.3 Å². The second-order valence-electron chi connectivity index (χ2n) is 5.47. The van der Waals surface area contributed by atoms with Crippen LogP contribution in [-0.2, 0) is 20.9 Å². The van der Waals surface area contributed by atoms with E-state index in [1.54, 1.807) is 11.0 Å². The van der Waals surface area contributed by atoms with Crippen molar-refractivity contribution in [2.45, 2.75) is 19.0 Å². The molecule has 1 aliphatic rings. The van der Waals surface area contributed by atoms with Gasteiger partial charge in [-0.2, -0.15) is 0 Å². The van der Waals surface area contributed by atoms with E-state index in [0.717, 1.165) is 0 Å². The van der Waals surface area contributed by atoms with Crippen LogP contribution >= 0.6 is 11.6 Å². The van der Waals surface area contributed by atoms with E-state index < -0.39 is 23.7 Å². The van der Waals surface area contributed by atoms with Gasteiger partial charge in [-0.3, -0.25) is 19.3 Å².